The summed E-state index contributed by atoms with van der Waals surface area (Å²) in [6.45, 7) is 11.1. The van der Waals surface area contributed by atoms with E-state index in [1.165, 1.54) is 0 Å². The molecule has 0 fully saturated rings. The molecule has 0 aromatic heterocycles. The van der Waals surface area contributed by atoms with Gasteiger partial charge >= 0.3 is 0 Å². The molecule has 0 saturated heterocycles. The van der Waals surface area contributed by atoms with E-state index in [4.69, 9.17) is 9.47 Å². The van der Waals surface area contributed by atoms with Crippen LogP contribution in [0.3, 0.4) is 0 Å². The highest BCUT2D eigenvalue weighted by molar-refractivity contribution is 5.98. The Hall–Kier alpha value is -2.12. The molecular weight excluding hydrogens is 382 g/mol. The molecule has 0 bridgehead atoms. The quantitative estimate of drug-likeness (QED) is 0.793. The molecule has 3 atom stereocenters. The van der Waals surface area contributed by atoms with Gasteiger partial charge in [0, 0.05) is 51.5 Å². The summed E-state index contributed by atoms with van der Waals surface area (Å²) in [4.78, 5) is 29.0. The maximum atomic E-state index is 13.2. The predicted molar refractivity (Wildman–Crippen MR) is 119 cm³/mol. The SMILES string of the molecule is CCCN1C[C@H](C)[C@@H](OC)CN(C)C(=O)c2ccc(NC(=O)CC)cc2OC[C@@H]1C. The van der Waals surface area contributed by atoms with Crippen LogP contribution in [0.15, 0.2) is 18.2 Å². The molecule has 30 heavy (non-hydrogen) atoms. The van der Waals surface area contributed by atoms with Crippen molar-refractivity contribution in [1.82, 2.24) is 9.80 Å². The van der Waals surface area contributed by atoms with Gasteiger partial charge in [0.15, 0.2) is 0 Å². The normalized spacial score (nSPS) is 23.7. The number of rotatable bonds is 5. The number of amides is 2. The summed E-state index contributed by atoms with van der Waals surface area (Å²) in [6, 6.07) is 5.40. The zero-order chi connectivity index (χ0) is 22.3. The summed E-state index contributed by atoms with van der Waals surface area (Å²) < 4.78 is 11.9. The molecule has 1 N–H and O–H groups in total. The van der Waals surface area contributed by atoms with E-state index >= 15 is 0 Å². The second-order valence-corrected chi connectivity index (χ2v) is 8.20. The van der Waals surface area contributed by atoms with E-state index in [0.29, 0.717) is 36.6 Å². The second kappa shape index (κ2) is 11.3. The van der Waals surface area contributed by atoms with Gasteiger partial charge in [-0.25, -0.2) is 0 Å². The summed E-state index contributed by atoms with van der Waals surface area (Å²) in [7, 11) is 3.49. The topological polar surface area (TPSA) is 71.1 Å². The van der Waals surface area contributed by atoms with E-state index in [0.717, 1.165) is 19.5 Å². The first-order valence-corrected chi connectivity index (χ1v) is 10.9. The van der Waals surface area contributed by atoms with Crippen LogP contribution in [0.2, 0.25) is 0 Å². The predicted octanol–water partition coefficient (Wildman–Crippen LogP) is 3.25. The maximum Gasteiger partial charge on any atom is 0.257 e. The number of ether oxygens (including phenoxy) is 2. The minimum Gasteiger partial charge on any atom is -0.491 e. The van der Waals surface area contributed by atoms with E-state index in [1.807, 2.05) is 0 Å². The van der Waals surface area contributed by atoms with Gasteiger partial charge in [-0.15, -0.1) is 0 Å². The van der Waals surface area contributed by atoms with E-state index in [-0.39, 0.29) is 29.9 Å². The van der Waals surface area contributed by atoms with Crippen LogP contribution in [0.1, 0.15) is 50.9 Å². The standard InChI is InChI=1S/C23H37N3O4/c1-7-11-26-13-16(3)21(29-6)14-25(5)23(28)19-10-9-18(24-22(27)8-2)12-20(19)30-15-17(26)4/h9-10,12,16-17,21H,7-8,11,13-15H2,1-6H3,(H,24,27)/t16-,17-,21-/m0/s1. The summed E-state index contributed by atoms with van der Waals surface area (Å²) in [5, 5.41) is 2.84. The van der Waals surface area contributed by atoms with Crippen LogP contribution in [0.5, 0.6) is 5.75 Å². The fourth-order valence-corrected chi connectivity index (χ4v) is 3.77. The Morgan fingerprint density at radius 2 is 2.00 bits per heavy atom. The lowest BCUT2D eigenvalue weighted by atomic mass is 10.0. The van der Waals surface area contributed by atoms with E-state index in [9.17, 15) is 9.59 Å². The van der Waals surface area contributed by atoms with Crippen molar-refractivity contribution >= 4 is 17.5 Å². The fourth-order valence-electron chi connectivity index (χ4n) is 3.77. The second-order valence-electron chi connectivity index (χ2n) is 8.20. The van der Waals surface area contributed by atoms with Gasteiger partial charge < -0.3 is 19.7 Å². The molecule has 2 amide bonds. The Kier molecular flexibility index (Phi) is 9.11. The molecule has 2 rings (SSSR count). The molecular formula is C23H37N3O4. The molecule has 0 aliphatic carbocycles. The molecule has 1 aromatic rings. The van der Waals surface area contributed by atoms with Crippen molar-refractivity contribution in [1.29, 1.82) is 0 Å². The van der Waals surface area contributed by atoms with Crippen LogP contribution in [-0.2, 0) is 9.53 Å². The third kappa shape index (κ3) is 6.19. The number of nitrogens with zero attached hydrogens (tertiary/aromatic N) is 2. The van der Waals surface area contributed by atoms with Crippen LogP contribution in [-0.4, -0.2) is 74.2 Å². The van der Waals surface area contributed by atoms with Gasteiger partial charge in [-0.1, -0.05) is 20.8 Å². The lowest BCUT2D eigenvalue weighted by Gasteiger charge is -2.35. The van der Waals surface area contributed by atoms with Crippen LogP contribution in [0.4, 0.5) is 5.69 Å². The largest absolute Gasteiger partial charge is 0.491 e. The first-order chi connectivity index (χ1) is 14.3. The third-order valence-electron chi connectivity index (χ3n) is 5.69. The minimum absolute atomic E-state index is 0.0579. The smallest absolute Gasteiger partial charge is 0.257 e. The molecule has 1 aliphatic heterocycles. The molecule has 1 aliphatic rings. The fraction of sp³-hybridized carbons (Fsp3) is 0.652. The van der Waals surface area contributed by atoms with Crippen molar-refractivity contribution in [2.45, 2.75) is 52.7 Å². The number of nitrogens with one attached hydrogen (secondary N) is 1. The van der Waals surface area contributed by atoms with Gasteiger partial charge in [0.05, 0.1) is 11.7 Å². The zero-order valence-corrected chi connectivity index (χ0v) is 19.2. The highest BCUT2D eigenvalue weighted by atomic mass is 16.5. The molecule has 0 radical (unpaired) electrons. The van der Waals surface area contributed by atoms with Crippen molar-refractivity contribution < 1.29 is 19.1 Å². The number of carbonyl (C=O) groups is 2. The molecule has 0 unspecified atom stereocenters. The van der Waals surface area contributed by atoms with Gasteiger partial charge in [-0.05, 0) is 37.9 Å². The Bertz CT molecular complexity index is 724. The number of anilines is 1. The summed E-state index contributed by atoms with van der Waals surface area (Å²) >= 11 is 0. The van der Waals surface area contributed by atoms with Crippen LogP contribution in [0.25, 0.3) is 0 Å². The summed E-state index contributed by atoms with van der Waals surface area (Å²) in [6.07, 6.45) is 1.38. The van der Waals surface area contributed by atoms with Crippen molar-refractivity contribution in [3.8, 4) is 5.75 Å². The molecule has 0 saturated carbocycles. The Morgan fingerprint density at radius 1 is 1.27 bits per heavy atom. The van der Waals surface area contributed by atoms with Gasteiger partial charge in [0.2, 0.25) is 5.91 Å². The van der Waals surface area contributed by atoms with Crippen molar-refractivity contribution in [3.63, 3.8) is 0 Å². The number of methoxy groups -OCH3 is 1. The number of hydrogen-bond donors (Lipinski definition) is 1. The van der Waals surface area contributed by atoms with Crippen LogP contribution in [0, 0.1) is 5.92 Å². The monoisotopic (exact) mass is 419 g/mol. The summed E-state index contributed by atoms with van der Waals surface area (Å²) in [5.74, 6) is 0.564. The van der Waals surface area contributed by atoms with Gasteiger partial charge in [0.25, 0.3) is 5.91 Å². The van der Waals surface area contributed by atoms with Crippen LogP contribution < -0.4 is 10.1 Å². The molecule has 0 spiro atoms. The average molecular weight is 420 g/mol. The zero-order valence-electron chi connectivity index (χ0n) is 19.2. The minimum atomic E-state index is -0.119. The molecule has 1 aromatic carbocycles. The van der Waals surface area contributed by atoms with Crippen molar-refractivity contribution in [2.24, 2.45) is 5.92 Å². The number of hydrogen-bond acceptors (Lipinski definition) is 5. The number of fused-ring (bicyclic) bond motifs is 1. The van der Waals surface area contributed by atoms with Gasteiger partial charge in [-0.3, -0.25) is 14.5 Å². The lowest BCUT2D eigenvalue weighted by molar-refractivity contribution is -0.115. The maximum absolute atomic E-state index is 13.2. The Labute approximate surface area is 180 Å². The molecule has 7 nitrogen and oxygen atoms in total. The van der Waals surface area contributed by atoms with E-state index in [2.05, 4.69) is 31.0 Å². The molecule has 1 heterocycles. The van der Waals surface area contributed by atoms with Gasteiger partial charge in [0.1, 0.15) is 12.4 Å². The van der Waals surface area contributed by atoms with E-state index < -0.39 is 0 Å². The highest BCUT2D eigenvalue weighted by Gasteiger charge is 2.28. The first-order valence-electron chi connectivity index (χ1n) is 10.9. The average Bonchev–Trinajstić information content (AvgIpc) is 2.73. The van der Waals surface area contributed by atoms with Crippen molar-refractivity contribution in [3.05, 3.63) is 23.8 Å². The molecule has 7 heteroatoms. The lowest BCUT2D eigenvalue weighted by Crippen LogP contribution is -2.46. The third-order valence-corrected chi connectivity index (χ3v) is 5.69. The number of carbonyl (C=O) groups excluding carboxylic acids is 2. The number of benzene rings is 1. The molecule has 168 valence electrons. The Morgan fingerprint density at radius 3 is 2.63 bits per heavy atom. The first kappa shape index (κ1) is 24.2. The Balaban J connectivity index is 2.40. The number of likely N-dealkylation sites (N-methyl/N-ethyl adjacent to an activating group) is 1. The van der Waals surface area contributed by atoms with Crippen molar-refractivity contribution in [2.75, 3.05) is 45.7 Å². The van der Waals surface area contributed by atoms with Crippen LogP contribution >= 0.6 is 0 Å². The highest BCUT2D eigenvalue weighted by Crippen LogP contribution is 2.27. The van der Waals surface area contributed by atoms with Gasteiger partial charge in [-0.2, -0.15) is 0 Å². The summed E-state index contributed by atoms with van der Waals surface area (Å²) in [5.41, 5.74) is 1.12. The van der Waals surface area contributed by atoms with E-state index in [1.54, 1.807) is 44.2 Å².